The SMILES string of the molecule is C=N[C@]1(C)C(N)CNCNC1NCCCOC. The van der Waals surface area contributed by atoms with Crippen molar-refractivity contribution in [1.82, 2.24) is 16.0 Å². The summed E-state index contributed by atoms with van der Waals surface area (Å²) in [5.41, 5.74) is 5.74. The summed E-state index contributed by atoms with van der Waals surface area (Å²) in [6, 6.07) is -0.0603. The topological polar surface area (TPSA) is 83.7 Å². The second-order valence-corrected chi connectivity index (χ2v) is 4.56. The Bertz CT molecular complexity index is 238. The van der Waals surface area contributed by atoms with Crippen LogP contribution in [0.5, 0.6) is 0 Å². The molecule has 5 N–H and O–H groups in total. The summed E-state index contributed by atoms with van der Waals surface area (Å²) < 4.78 is 5.02. The van der Waals surface area contributed by atoms with E-state index in [1.807, 2.05) is 6.92 Å². The molecule has 1 aliphatic rings. The van der Waals surface area contributed by atoms with Crippen LogP contribution in [0.25, 0.3) is 0 Å². The van der Waals surface area contributed by atoms with Crippen LogP contribution in [0.4, 0.5) is 0 Å². The number of methoxy groups -OCH3 is 1. The van der Waals surface area contributed by atoms with Gasteiger partial charge in [0.15, 0.2) is 0 Å². The predicted molar refractivity (Wildman–Crippen MR) is 70.2 cm³/mol. The molecule has 0 amide bonds. The molecule has 6 nitrogen and oxygen atoms in total. The van der Waals surface area contributed by atoms with E-state index in [0.717, 1.165) is 32.8 Å². The second-order valence-electron chi connectivity index (χ2n) is 4.56. The molecule has 0 aromatic carbocycles. The highest BCUT2D eigenvalue weighted by atomic mass is 16.5. The Morgan fingerprint density at radius 1 is 1.65 bits per heavy atom. The van der Waals surface area contributed by atoms with Crippen LogP contribution >= 0.6 is 0 Å². The van der Waals surface area contributed by atoms with E-state index in [2.05, 4.69) is 27.7 Å². The third-order valence-electron chi connectivity index (χ3n) is 3.34. The van der Waals surface area contributed by atoms with Gasteiger partial charge in [-0.05, 0) is 26.6 Å². The molecular formula is C11H25N5O. The normalized spacial score (nSPS) is 34.3. The van der Waals surface area contributed by atoms with Crippen molar-refractivity contribution in [2.75, 3.05) is 33.5 Å². The molecule has 0 aliphatic carbocycles. The van der Waals surface area contributed by atoms with Crippen molar-refractivity contribution in [2.24, 2.45) is 10.7 Å². The molecule has 1 rings (SSSR count). The van der Waals surface area contributed by atoms with Gasteiger partial charge in [-0.25, -0.2) is 0 Å². The number of rotatable bonds is 6. The second kappa shape index (κ2) is 7.03. The fraction of sp³-hybridized carbons (Fsp3) is 0.909. The molecule has 0 bridgehead atoms. The Balaban J connectivity index is 2.55. The Kier molecular flexibility index (Phi) is 6.01. The molecule has 0 radical (unpaired) electrons. The van der Waals surface area contributed by atoms with Crippen LogP contribution in [0.1, 0.15) is 13.3 Å². The lowest BCUT2D eigenvalue weighted by atomic mass is 9.90. The molecular weight excluding hydrogens is 218 g/mol. The lowest BCUT2D eigenvalue weighted by Crippen LogP contribution is -2.63. The molecule has 0 aromatic rings. The fourth-order valence-corrected chi connectivity index (χ4v) is 1.98. The van der Waals surface area contributed by atoms with E-state index in [-0.39, 0.29) is 12.2 Å². The van der Waals surface area contributed by atoms with Gasteiger partial charge in [-0.3, -0.25) is 15.6 Å². The van der Waals surface area contributed by atoms with Crippen LogP contribution in [0.3, 0.4) is 0 Å². The standard InChI is InChI=1S/C11H25N5O/c1-11(13-2)9(12)7-14-8-16-10(11)15-5-4-6-17-3/h9-10,14-16H,2,4-8,12H2,1,3H3/t9?,10?,11-/m1/s1. The number of nitrogens with two attached hydrogens (primary N) is 1. The van der Waals surface area contributed by atoms with E-state index in [4.69, 9.17) is 10.5 Å². The molecule has 1 aliphatic heterocycles. The molecule has 1 fully saturated rings. The molecule has 0 aromatic heterocycles. The molecule has 0 spiro atoms. The molecule has 100 valence electrons. The van der Waals surface area contributed by atoms with Crippen LogP contribution in [-0.4, -0.2) is 57.9 Å². The third-order valence-corrected chi connectivity index (χ3v) is 3.34. The Labute approximate surface area is 103 Å². The lowest BCUT2D eigenvalue weighted by Gasteiger charge is -2.37. The summed E-state index contributed by atoms with van der Waals surface area (Å²) in [5.74, 6) is 0. The van der Waals surface area contributed by atoms with Crippen LogP contribution in [0, 0.1) is 0 Å². The first-order valence-electron chi connectivity index (χ1n) is 6.05. The molecule has 3 atom stereocenters. The minimum Gasteiger partial charge on any atom is -0.385 e. The highest BCUT2D eigenvalue weighted by Crippen LogP contribution is 2.18. The van der Waals surface area contributed by atoms with E-state index in [0.29, 0.717) is 0 Å². The Hall–Kier alpha value is -0.530. The number of aliphatic imine (C=N–C) groups is 1. The zero-order valence-electron chi connectivity index (χ0n) is 10.8. The van der Waals surface area contributed by atoms with E-state index in [1.54, 1.807) is 7.11 Å². The monoisotopic (exact) mass is 243 g/mol. The van der Waals surface area contributed by atoms with Gasteiger partial charge in [0.25, 0.3) is 0 Å². The zero-order valence-corrected chi connectivity index (χ0v) is 10.8. The quantitative estimate of drug-likeness (QED) is 0.351. The maximum atomic E-state index is 6.14. The maximum Gasteiger partial charge on any atom is 0.102 e. The largest absolute Gasteiger partial charge is 0.385 e. The summed E-state index contributed by atoms with van der Waals surface area (Å²) in [6.07, 6.45) is 0.992. The molecule has 0 saturated carbocycles. The summed E-state index contributed by atoms with van der Waals surface area (Å²) >= 11 is 0. The van der Waals surface area contributed by atoms with Crippen molar-refractivity contribution in [3.05, 3.63) is 0 Å². The van der Waals surface area contributed by atoms with E-state index >= 15 is 0 Å². The molecule has 6 heteroatoms. The molecule has 1 heterocycles. The summed E-state index contributed by atoms with van der Waals surface area (Å²) in [6.45, 7) is 8.78. The van der Waals surface area contributed by atoms with Crippen LogP contribution < -0.4 is 21.7 Å². The first kappa shape index (κ1) is 14.5. The van der Waals surface area contributed by atoms with Gasteiger partial charge in [0.05, 0.1) is 6.17 Å². The number of nitrogens with one attached hydrogen (secondary N) is 3. The highest BCUT2D eigenvalue weighted by Gasteiger charge is 2.39. The van der Waals surface area contributed by atoms with Crippen LogP contribution in [0.2, 0.25) is 0 Å². The lowest BCUT2D eigenvalue weighted by molar-refractivity contribution is 0.187. The van der Waals surface area contributed by atoms with Crippen molar-refractivity contribution in [3.8, 4) is 0 Å². The van der Waals surface area contributed by atoms with Crippen LogP contribution in [0.15, 0.2) is 4.99 Å². The van der Waals surface area contributed by atoms with Crippen molar-refractivity contribution in [1.29, 1.82) is 0 Å². The van der Waals surface area contributed by atoms with E-state index < -0.39 is 5.54 Å². The highest BCUT2D eigenvalue weighted by molar-refractivity contribution is 5.28. The van der Waals surface area contributed by atoms with Gasteiger partial charge in [-0.2, -0.15) is 0 Å². The van der Waals surface area contributed by atoms with Gasteiger partial charge in [0.2, 0.25) is 0 Å². The Morgan fingerprint density at radius 3 is 3.06 bits per heavy atom. The minimum absolute atomic E-state index is 0.0295. The van der Waals surface area contributed by atoms with Crippen molar-refractivity contribution in [2.45, 2.75) is 31.1 Å². The smallest absolute Gasteiger partial charge is 0.102 e. The van der Waals surface area contributed by atoms with Crippen molar-refractivity contribution in [3.63, 3.8) is 0 Å². The van der Waals surface area contributed by atoms with Gasteiger partial charge in [-0.15, -0.1) is 0 Å². The van der Waals surface area contributed by atoms with Gasteiger partial charge in [-0.1, -0.05) is 0 Å². The van der Waals surface area contributed by atoms with Crippen molar-refractivity contribution >= 4 is 6.72 Å². The first-order valence-corrected chi connectivity index (χ1v) is 6.05. The molecule has 17 heavy (non-hydrogen) atoms. The zero-order chi connectivity index (χ0) is 12.7. The van der Waals surface area contributed by atoms with Crippen LogP contribution in [-0.2, 0) is 4.74 Å². The number of nitrogens with zero attached hydrogens (tertiary/aromatic N) is 1. The average Bonchev–Trinajstić information content (AvgIpc) is 2.48. The van der Waals surface area contributed by atoms with E-state index in [9.17, 15) is 0 Å². The van der Waals surface area contributed by atoms with Gasteiger partial charge in [0.1, 0.15) is 5.54 Å². The summed E-state index contributed by atoms with van der Waals surface area (Å²) in [7, 11) is 1.71. The van der Waals surface area contributed by atoms with Gasteiger partial charge < -0.3 is 15.8 Å². The predicted octanol–water partition coefficient (Wildman–Crippen LogP) is -1.12. The molecule has 2 unspecified atom stereocenters. The fourth-order valence-electron chi connectivity index (χ4n) is 1.98. The van der Waals surface area contributed by atoms with Gasteiger partial charge >= 0.3 is 0 Å². The first-order chi connectivity index (χ1) is 8.15. The number of hydrogen-bond donors (Lipinski definition) is 4. The minimum atomic E-state index is -0.406. The van der Waals surface area contributed by atoms with Gasteiger partial charge in [0, 0.05) is 33.0 Å². The molecule has 1 saturated heterocycles. The third kappa shape index (κ3) is 3.72. The number of hydrogen-bond acceptors (Lipinski definition) is 6. The average molecular weight is 243 g/mol. The Morgan fingerprint density at radius 2 is 2.41 bits per heavy atom. The summed E-state index contributed by atoms with van der Waals surface area (Å²) in [4.78, 5) is 4.23. The van der Waals surface area contributed by atoms with E-state index in [1.165, 1.54) is 0 Å². The summed E-state index contributed by atoms with van der Waals surface area (Å²) in [5, 5.41) is 10.0. The van der Waals surface area contributed by atoms with Crippen molar-refractivity contribution < 1.29 is 4.74 Å². The number of ether oxygens (including phenoxy) is 1. The maximum absolute atomic E-state index is 6.14.